The van der Waals surface area contributed by atoms with E-state index < -0.39 is 0 Å². The first-order chi connectivity index (χ1) is 5.91. The quantitative estimate of drug-likeness (QED) is 0.300. The van der Waals surface area contributed by atoms with Gasteiger partial charge < -0.3 is 0 Å². The van der Waals surface area contributed by atoms with Crippen molar-refractivity contribution in [2.45, 2.75) is 39.0 Å². The molecule has 0 aliphatic rings. The Balaban J connectivity index is 3.14. The van der Waals surface area contributed by atoms with Gasteiger partial charge in [0.25, 0.3) is 0 Å². The fourth-order valence-electron chi connectivity index (χ4n) is 0.980. The molecule has 0 radical (unpaired) electrons. The molecular formula is C12H20. The van der Waals surface area contributed by atoms with Crippen molar-refractivity contribution < 1.29 is 0 Å². The smallest absolute Gasteiger partial charge is 0.0166 e. The van der Waals surface area contributed by atoms with E-state index >= 15 is 0 Å². The molecule has 0 spiro atoms. The summed E-state index contributed by atoms with van der Waals surface area (Å²) in [5.74, 6) is 0. The van der Waals surface area contributed by atoms with Crippen molar-refractivity contribution in [3.05, 3.63) is 37.0 Å². The first-order valence-electron chi connectivity index (χ1n) is 4.84. The second kappa shape index (κ2) is 10.2. The summed E-state index contributed by atoms with van der Waals surface area (Å²) in [6.07, 6.45) is 16.7. The molecule has 0 bridgehead atoms. The van der Waals surface area contributed by atoms with Crippen LogP contribution in [0.2, 0.25) is 0 Å². The predicted octanol–water partition coefficient (Wildman–Crippen LogP) is 4.26. The highest BCUT2D eigenvalue weighted by Gasteiger charge is 1.80. The highest BCUT2D eigenvalue weighted by Crippen LogP contribution is 2.00. The molecular weight excluding hydrogens is 144 g/mol. The molecule has 0 saturated heterocycles. The van der Waals surface area contributed by atoms with Gasteiger partial charge in [-0.05, 0) is 19.3 Å². The molecule has 0 fully saturated rings. The molecule has 0 nitrogen and oxygen atoms in total. The van der Waals surface area contributed by atoms with E-state index in [1.807, 2.05) is 12.2 Å². The number of hydrogen-bond acceptors (Lipinski definition) is 0. The average Bonchev–Trinajstić information content (AvgIpc) is 2.10. The Kier molecular flexibility index (Phi) is 9.56. The number of allylic oxidation sites excluding steroid dienone is 5. The Hall–Kier alpha value is -0.780. The van der Waals surface area contributed by atoms with E-state index in [4.69, 9.17) is 0 Å². The SMILES string of the molecule is C=C/C=C/C/C=C/CCCCC. The summed E-state index contributed by atoms with van der Waals surface area (Å²) in [7, 11) is 0. The summed E-state index contributed by atoms with van der Waals surface area (Å²) in [4.78, 5) is 0. The lowest BCUT2D eigenvalue weighted by Gasteiger charge is -1.90. The normalized spacial score (nSPS) is 11.4. The molecule has 0 amide bonds. The third kappa shape index (κ3) is 9.22. The molecule has 68 valence electrons. The van der Waals surface area contributed by atoms with Crippen molar-refractivity contribution in [1.29, 1.82) is 0 Å². The third-order valence-corrected chi connectivity index (χ3v) is 1.69. The Morgan fingerprint density at radius 1 is 1.08 bits per heavy atom. The highest BCUT2D eigenvalue weighted by molar-refractivity contribution is 5.00. The van der Waals surface area contributed by atoms with Crippen LogP contribution in [0.4, 0.5) is 0 Å². The number of rotatable bonds is 7. The summed E-state index contributed by atoms with van der Waals surface area (Å²) >= 11 is 0. The van der Waals surface area contributed by atoms with Crippen molar-refractivity contribution in [1.82, 2.24) is 0 Å². The minimum atomic E-state index is 1.04. The summed E-state index contributed by atoms with van der Waals surface area (Å²) < 4.78 is 0. The van der Waals surface area contributed by atoms with Gasteiger partial charge in [0.05, 0.1) is 0 Å². The zero-order valence-corrected chi connectivity index (χ0v) is 8.13. The van der Waals surface area contributed by atoms with E-state index in [0.717, 1.165) is 6.42 Å². The zero-order valence-electron chi connectivity index (χ0n) is 8.13. The second-order valence-electron chi connectivity index (χ2n) is 2.87. The third-order valence-electron chi connectivity index (χ3n) is 1.69. The molecule has 0 heterocycles. The van der Waals surface area contributed by atoms with Crippen LogP contribution >= 0.6 is 0 Å². The lowest BCUT2D eigenvalue weighted by molar-refractivity contribution is 0.728. The lowest BCUT2D eigenvalue weighted by Crippen LogP contribution is -1.70. The maximum atomic E-state index is 3.61. The predicted molar refractivity (Wildman–Crippen MR) is 57.2 cm³/mol. The minimum Gasteiger partial charge on any atom is -0.0991 e. The van der Waals surface area contributed by atoms with Crippen LogP contribution in [0.1, 0.15) is 39.0 Å². The molecule has 0 aromatic carbocycles. The zero-order chi connectivity index (χ0) is 9.07. The van der Waals surface area contributed by atoms with Crippen molar-refractivity contribution in [3.8, 4) is 0 Å². The van der Waals surface area contributed by atoms with Crippen LogP contribution in [-0.4, -0.2) is 0 Å². The first kappa shape index (κ1) is 11.2. The van der Waals surface area contributed by atoms with Gasteiger partial charge in [0.15, 0.2) is 0 Å². The standard InChI is InChI=1S/C12H20/c1-3-5-7-9-11-12-10-8-6-4-2/h3,5,7,11-12H,1,4,6,8-10H2,2H3/b7-5+,12-11+. The maximum Gasteiger partial charge on any atom is -0.0166 e. The van der Waals surface area contributed by atoms with Crippen LogP contribution in [-0.2, 0) is 0 Å². The summed E-state index contributed by atoms with van der Waals surface area (Å²) in [5.41, 5.74) is 0. The van der Waals surface area contributed by atoms with Gasteiger partial charge in [-0.25, -0.2) is 0 Å². The van der Waals surface area contributed by atoms with E-state index in [-0.39, 0.29) is 0 Å². The Labute approximate surface area is 76.7 Å². The maximum absolute atomic E-state index is 3.61. The van der Waals surface area contributed by atoms with E-state index in [0.29, 0.717) is 0 Å². The molecule has 0 aromatic heterocycles. The molecule has 0 heteroatoms. The fraction of sp³-hybridized carbons (Fsp3) is 0.500. The molecule has 0 atom stereocenters. The molecule has 0 aliphatic heterocycles. The molecule has 0 saturated carbocycles. The second-order valence-corrected chi connectivity index (χ2v) is 2.87. The summed E-state index contributed by atoms with van der Waals surface area (Å²) in [6.45, 7) is 5.84. The average molecular weight is 164 g/mol. The van der Waals surface area contributed by atoms with E-state index in [9.17, 15) is 0 Å². The van der Waals surface area contributed by atoms with Gasteiger partial charge in [0.2, 0.25) is 0 Å². The fourth-order valence-corrected chi connectivity index (χ4v) is 0.980. The molecule has 12 heavy (non-hydrogen) atoms. The Morgan fingerprint density at radius 2 is 1.92 bits per heavy atom. The summed E-state index contributed by atoms with van der Waals surface area (Å²) in [6, 6.07) is 0. The first-order valence-corrected chi connectivity index (χ1v) is 4.84. The van der Waals surface area contributed by atoms with Crippen LogP contribution in [0.5, 0.6) is 0 Å². The van der Waals surface area contributed by atoms with Gasteiger partial charge >= 0.3 is 0 Å². The largest absolute Gasteiger partial charge is 0.0991 e. The Morgan fingerprint density at radius 3 is 2.58 bits per heavy atom. The van der Waals surface area contributed by atoms with Gasteiger partial charge in [0, 0.05) is 0 Å². The minimum absolute atomic E-state index is 1.04. The molecule has 0 aliphatic carbocycles. The van der Waals surface area contributed by atoms with Crippen LogP contribution in [0.25, 0.3) is 0 Å². The molecule has 0 N–H and O–H groups in total. The topological polar surface area (TPSA) is 0 Å². The number of hydrogen-bond donors (Lipinski definition) is 0. The van der Waals surface area contributed by atoms with Gasteiger partial charge in [-0.2, -0.15) is 0 Å². The van der Waals surface area contributed by atoms with Crippen LogP contribution in [0.3, 0.4) is 0 Å². The van der Waals surface area contributed by atoms with E-state index in [2.05, 4.69) is 31.7 Å². The van der Waals surface area contributed by atoms with E-state index in [1.54, 1.807) is 0 Å². The molecule has 0 unspecified atom stereocenters. The van der Waals surface area contributed by atoms with Crippen LogP contribution in [0.15, 0.2) is 37.0 Å². The van der Waals surface area contributed by atoms with Gasteiger partial charge in [-0.15, -0.1) is 0 Å². The highest BCUT2D eigenvalue weighted by atomic mass is 13.9. The van der Waals surface area contributed by atoms with Crippen molar-refractivity contribution in [2.24, 2.45) is 0 Å². The molecule has 0 rings (SSSR count). The van der Waals surface area contributed by atoms with Crippen LogP contribution < -0.4 is 0 Å². The summed E-state index contributed by atoms with van der Waals surface area (Å²) in [5, 5.41) is 0. The Bertz CT molecular complexity index is 140. The van der Waals surface area contributed by atoms with E-state index in [1.165, 1.54) is 25.7 Å². The number of unbranched alkanes of at least 4 members (excludes halogenated alkanes) is 3. The lowest BCUT2D eigenvalue weighted by atomic mass is 10.2. The van der Waals surface area contributed by atoms with Crippen LogP contribution in [0, 0.1) is 0 Å². The van der Waals surface area contributed by atoms with Crippen molar-refractivity contribution in [2.75, 3.05) is 0 Å². The van der Waals surface area contributed by atoms with Crippen molar-refractivity contribution >= 4 is 0 Å². The van der Waals surface area contributed by atoms with Gasteiger partial charge in [0.1, 0.15) is 0 Å². The monoisotopic (exact) mass is 164 g/mol. The van der Waals surface area contributed by atoms with Gasteiger partial charge in [-0.1, -0.05) is 56.7 Å². The van der Waals surface area contributed by atoms with Gasteiger partial charge in [-0.3, -0.25) is 0 Å². The molecule has 0 aromatic rings. The van der Waals surface area contributed by atoms with Crippen molar-refractivity contribution in [3.63, 3.8) is 0 Å².